The highest BCUT2D eigenvalue weighted by atomic mass is 16.7. The summed E-state index contributed by atoms with van der Waals surface area (Å²) in [6, 6.07) is 12.6. The van der Waals surface area contributed by atoms with Crippen LogP contribution in [0, 0.1) is 5.41 Å². The summed E-state index contributed by atoms with van der Waals surface area (Å²) in [7, 11) is 3.39. The number of nitrogens with one attached hydrogen (secondary N) is 1. The molecule has 0 spiro atoms. The van der Waals surface area contributed by atoms with E-state index in [9.17, 15) is 4.79 Å². The Morgan fingerprint density at radius 1 is 1.15 bits per heavy atom. The van der Waals surface area contributed by atoms with Gasteiger partial charge in [-0.1, -0.05) is 0 Å². The number of fused-ring (bicyclic) bond motifs is 1. The molecule has 0 amide bonds. The zero-order valence-electron chi connectivity index (χ0n) is 15.1. The van der Waals surface area contributed by atoms with Crippen LogP contribution in [0.5, 0.6) is 17.2 Å². The van der Waals surface area contributed by atoms with E-state index in [1.165, 1.54) is 0 Å². The van der Waals surface area contributed by atoms with E-state index in [0.29, 0.717) is 22.8 Å². The summed E-state index contributed by atoms with van der Waals surface area (Å²) in [4.78, 5) is 12.6. The molecule has 0 aliphatic carbocycles. The number of rotatable bonds is 5. The molecule has 2 aromatic carbocycles. The minimum atomic E-state index is -0.0704. The molecule has 7 heteroatoms. The van der Waals surface area contributed by atoms with E-state index >= 15 is 0 Å². The second-order valence-electron chi connectivity index (χ2n) is 6.24. The minimum absolute atomic E-state index is 0.0704. The molecular formula is C20H19N3O4. The van der Waals surface area contributed by atoms with Gasteiger partial charge < -0.3 is 23.3 Å². The number of imidazole rings is 1. The van der Waals surface area contributed by atoms with Gasteiger partial charge in [-0.05, 0) is 42.5 Å². The van der Waals surface area contributed by atoms with Crippen LogP contribution in [0.1, 0.15) is 10.4 Å². The number of ketones is 1. The largest absolute Gasteiger partial charge is 0.497 e. The lowest BCUT2D eigenvalue weighted by molar-refractivity contribution is 0.0970. The highest BCUT2D eigenvalue weighted by molar-refractivity contribution is 5.96. The number of benzene rings is 2. The smallest absolute Gasteiger partial charge is 0.231 e. The van der Waals surface area contributed by atoms with Gasteiger partial charge in [0.2, 0.25) is 12.4 Å². The average Bonchev–Trinajstić information content (AvgIpc) is 3.27. The van der Waals surface area contributed by atoms with E-state index in [-0.39, 0.29) is 24.7 Å². The van der Waals surface area contributed by atoms with Crippen LogP contribution in [0.3, 0.4) is 0 Å². The van der Waals surface area contributed by atoms with Gasteiger partial charge in [0.15, 0.2) is 17.3 Å². The van der Waals surface area contributed by atoms with Crippen molar-refractivity contribution in [3.8, 4) is 28.5 Å². The fourth-order valence-corrected chi connectivity index (χ4v) is 3.07. The van der Waals surface area contributed by atoms with Crippen molar-refractivity contribution in [3.05, 3.63) is 59.8 Å². The number of aromatic nitrogens is 2. The highest BCUT2D eigenvalue weighted by Gasteiger charge is 2.17. The van der Waals surface area contributed by atoms with Crippen LogP contribution in [-0.2, 0) is 13.6 Å². The third-order valence-electron chi connectivity index (χ3n) is 4.62. The van der Waals surface area contributed by atoms with Crippen molar-refractivity contribution in [1.29, 1.82) is 5.41 Å². The fourth-order valence-electron chi connectivity index (χ4n) is 3.07. The van der Waals surface area contributed by atoms with E-state index < -0.39 is 0 Å². The molecule has 0 atom stereocenters. The summed E-state index contributed by atoms with van der Waals surface area (Å²) in [5.74, 6) is 2.02. The average molecular weight is 365 g/mol. The van der Waals surface area contributed by atoms with Crippen LogP contribution in [0.2, 0.25) is 0 Å². The predicted octanol–water partition coefficient (Wildman–Crippen LogP) is 2.59. The Kier molecular flexibility index (Phi) is 4.19. The number of Topliss-reactive ketones (excluding diaryl/α,β-unsaturated/α-hetero) is 1. The summed E-state index contributed by atoms with van der Waals surface area (Å²) in [6.45, 7) is 0.301. The van der Waals surface area contributed by atoms with E-state index in [4.69, 9.17) is 19.6 Å². The number of carbonyl (C=O) groups is 1. The van der Waals surface area contributed by atoms with Gasteiger partial charge in [0.1, 0.15) is 5.75 Å². The third kappa shape index (κ3) is 3.08. The molecule has 27 heavy (non-hydrogen) atoms. The number of hydrogen-bond acceptors (Lipinski definition) is 5. The maximum atomic E-state index is 12.6. The molecule has 1 aliphatic rings. The summed E-state index contributed by atoms with van der Waals surface area (Å²) < 4.78 is 19.3. The molecule has 0 unspecified atom stereocenters. The minimum Gasteiger partial charge on any atom is -0.497 e. The molecule has 1 N–H and O–H groups in total. The zero-order valence-corrected chi connectivity index (χ0v) is 15.1. The van der Waals surface area contributed by atoms with Crippen molar-refractivity contribution in [2.45, 2.75) is 6.54 Å². The first-order chi connectivity index (χ1) is 13.1. The molecule has 0 bridgehead atoms. The van der Waals surface area contributed by atoms with Gasteiger partial charge in [-0.15, -0.1) is 0 Å². The summed E-state index contributed by atoms with van der Waals surface area (Å²) in [5, 5.41) is 8.34. The van der Waals surface area contributed by atoms with Gasteiger partial charge in [0.05, 0.1) is 19.3 Å². The predicted molar refractivity (Wildman–Crippen MR) is 98.1 cm³/mol. The molecule has 3 aromatic rings. The number of ether oxygens (including phenoxy) is 3. The first-order valence-electron chi connectivity index (χ1n) is 8.45. The van der Waals surface area contributed by atoms with Gasteiger partial charge in [-0.3, -0.25) is 10.2 Å². The van der Waals surface area contributed by atoms with Crippen LogP contribution in [0.25, 0.3) is 11.3 Å². The maximum Gasteiger partial charge on any atom is 0.231 e. The molecular weight excluding hydrogens is 346 g/mol. The quantitative estimate of drug-likeness (QED) is 0.705. The summed E-state index contributed by atoms with van der Waals surface area (Å²) >= 11 is 0. The maximum absolute atomic E-state index is 12.6. The van der Waals surface area contributed by atoms with E-state index in [0.717, 1.165) is 11.3 Å². The standard InChI is InChI=1S/C20H19N3O4/c1-22-16(14-5-8-18-19(9-14)27-12-26-18)10-23(20(22)21)11-17(24)13-3-6-15(25-2)7-4-13/h3-10,21H,11-12H2,1-2H3. The molecule has 0 saturated carbocycles. The Morgan fingerprint density at radius 3 is 2.63 bits per heavy atom. The fraction of sp³-hybridized carbons (Fsp3) is 0.200. The van der Waals surface area contributed by atoms with Gasteiger partial charge in [-0.2, -0.15) is 0 Å². The van der Waals surface area contributed by atoms with E-state index in [1.54, 1.807) is 53.8 Å². The van der Waals surface area contributed by atoms with Crippen LogP contribution >= 0.6 is 0 Å². The van der Waals surface area contributed by atoms with Crippen LogP contribution in [-0.4, -0.2) is 28.8 Å². The number of hydrogen-bond donors (Lipinski definition) is 1. The molecule has 0 fully saturated rings. The number of nitrogens with zero attached hydrogens (tertiary/aromatic N) is 2. The SMILES string of the molecule is COc1ccc(C(=O)Cn2cc(-c3ccc4c(c3)OCO4)n(C)c2=N)cc1. The highest BCUT2D eigenvalue weighted by Crippen LogP contribution is 2.35. The Balaban J connectivity index is 1.62. The van der Waals surface area contributed by atoms with Crippen molar-refractivity contribution >= 4 is 5.78 Å². The second kappa shape index (κ2) is 6.68. The van der Waals surface area contributed by atoms with Crippen molar-refractivity contribution in [2.24, 2.45) is 7.05 Å². The third-order valence-corrected chi connectivity index (χ3v) is 4.62. The Bertz CT molecular complexity index is 1060. The lowest BCUT2D eigenvalue weighted by Gasteiger charge is -2.04. The molecule has 1 aromatic heterocycles. The second-order valence-corrected chi connectivity index (χ2v) is 6.24. The molecule has 0 saturated heterocycles. The monoisotopic (exact) mass is 365 g/mol. The first kappa shape index (κ1) is 17.0. The van der Waals surface area contributed by atoms with Gasteiger partial charge in [0.25, 0.3) is 0 Å². The van der Waals surface area contributed by atoms with Crippen LogP contribution < -0.4 is 19.8 Å². The Hall–Kier alpha value is -3.48. The van der Waals surface area contributed by atoms with Gasteiger partial charge in [-0.25, -0.2) is 0 Å². The van der Waals surface area contributed by atoms with E-state index in [2.05, 4.69) is 0 Å². The van der Waals surface area contributed by atoms with E-state index in [1.807, 2.05) is 18.2 Å². The summed E-state index contributed by atoms with van der Waals surface area (Å²) in [5.41, 5.74) is 2.53. The van der Waals surface area contributed by atoms with Crippen LogP contribution in [0.4, 0.5) is 0 Å². The normalized spacial score (nSPS) is 12.2. The lowest BCUT2D eigenvalue weighted by Crippen LogP contribution is -2.25. The number of carbonyl (C=O) groups excluding carboxylic acids is 1. The molecule has 4 rings (SSSR count). The molecule has 0 radical (unpaired) electrons. The first-order valence-corrected chi connectivity index (χ1v) is 8.45. The molecule has 1 aliphatic heterocycles. The molecule has 7 nitrogen and oxygen atoms in total. The van der Waals surface area contributed by atoms with Crippen molar-refractivity contribution in [1.82, 2.24) is 9.13 Å². The van der Waals surface area contributed by atoms with Crippen molar-refractivity contribution in [3.63, 3.8) is 0 Å². The van der Waals surface area contributed by atoms with Crippen molar-refractivity contribution in [2.75, 3.05) is 13.9 Å². The molecule has 2 heterocycles. The zero-order chi connectivity index (χ0) is 19.0. The Labute approximate surface area is 155 Å². The van der Waals surface area contributed by atoms with Crippen molar-refractivity contribution < 1.29 is 19.0 Å². The Morgan fingerprint density at radius 2 is 1.89 bits per heavy atom. The van der Waals surface area contributed by atoms with Crippen LogP contribution in [0.15, 0.2) is 48.7 Å². The molecule has 138 valence electrons. The summed E-state index contributed by atoms with van der Waals surface area (Å²) in [6.07, 6.45) is 1.81. The lowest BCUT2D eigenvalue weighted by atomic mass is 10.1. The van der Waals surface area contributed by atoms with Gasteiger partial charge >= 0.3 is 0 Å². The number of methoxy groups -OCH3 is 1. The van der Waals surface area contributed by atoms with Gasteiger partial charge in [0, 0.05) is 24.4 Å². The topological polar surface area (TPSA) is 78.5 Å².